The highest BCUT2D eigenvalue weighted by molar-refractivity contribution is 7.26. The van der Waals surface area contributed by atoms with Crippen LogP contribution in [0.2, 0.25) is 0 Å². The Morgan fingerprint density at radius 3 is 1.73 bits per heavy atom. The maximum atomic E-state index is 2.45. The van der Waals surface area contributed by atoms with Crippen molar-refractivity contribution in [2.75, 3.05) is 4.90 Å². The zero-order valence-corrected chi connectivity index (χ0v) is 31.1. The molecular formula is C52H33N3S. The molecule has 4 heteroatoms. The number of benzene rings is 9. The number of fused-ring (bicyclic) bond motifs is 11. The van der Waals surface area contributed by atoms with Crippen LogP contribution in [0.4, 0.5) is 17.1 Å². The summed E-state index contributed by atoms with van der Waals surface area (Å²) in [5.74, 6) is 0. The van der Waals surface area contributed by atoms with Gasteiger partial charge in [0.15, 0.2) is 0 Å². The first-order chi connectivity index (χ1) is 27.8. The first-order valence-corrected chi connectivity index (χ1v) is 19.9. The van der Waals surface area contributed by atoms with E-state index in [2.05, 4.69) is 214 Å². The molecule has 0 aliphatic carbocycles. The first-order valence-electron chi connectivity index (χ1n) is 19.1. The normalized spacial score (nSPS) is 11.9. The Hall–Kier alpha value is -7.14. The number of rotatable bonds is 5. The summed E-state index contributed by atoms with van der Waals surface area (Å²) in [5.41, 5.74) is 10.4. The van der Waals surface area contributed by atoms with Crippen molar-refractivity contribution < 1.29 is 0 Å². The van der Waals surface area contributed by atoms with Crippen LogP contribution in [0.25, 0.3) is 85.9 Å². The molecule has 12 aromatic rings. The Kier molecular flexibility index (Phi) is 6.80. The molecule has 0 amide bonds. The number of para-hydroxylation sites is 3. The molecule has 3 nitrogen and oxygen atoms in total. The van der Waals surface area contributed by atoms with Gasteiger partial charge in [0.2, 0.25) is 0 Å². The third kappa shape index (κ3) is 4.63. The molecule has 262 valence electrons. The standard InChI is InChI=1S/C52H33N3S/c1-3-15-36(16-4-1)54-46-21-11-9-19-41(46)45-32-39(26-29-47(45)54)53(38-24-23-34-13-7-8-14-35(34)31-38)40-25-27-44-49(33-40)55(37-17-5-2-6-18-37)48-30-28-43-42-20-10-12-22-50(42)56-52(43)51(44)48/h1-33H. The van der Waals surface area contributed by atoms with Crippen molar-refractivity contribution in [3.63, 3.8) is 0 Å². The van der Waals surface area contributed by atoms with Crippen molar-refractivity contribution in [3.8, 4) is 11.4 Å². The number of nitrogens with zero attached hydrogens (tertiary/aromatic N) is 3. The lowest BCUT2D eigenvalue weighted by molar-refractivity contribution is 1.17. The quantitative estimate of drug-likeness (QED) is 0.172. The fourth-order valence-corrected chi connectivity index (χ4v) is 10.2. The second-order valence-corrected chi connectivity index (χ2v) is 15.6. The van der Waals surface area contributed by atoms with Crippen LogP contribution >= 0.6 is 11.3 Å². The monoisotopic (exact) mass is 731 g/mol. The van der Waals surface area contributed by atoms with Gasteiger partial charge in [-0.2, -0.15) is 0 Å². The van der Waals surface area contributed by atoms with E-state index in [4.69, 9.17) is 0 Å². The lowest BCUT2D eigenvalue weighted by Crippen LogP contribution is -2.10. The molecular weight excluding hydrogens is 699 g/mol. The molecule has 0 aliphatic heterocycles. The van der Waals surface area contributed by atoms with Crippen LogP contribution in [-0.2, 0) is 0 Å². The van der Waals surface area contributed by atoms with Gasteiger partial charge in [-0.1, -0.05) is 115 Å². The van der Waals surface area contributed by atoms with Crippen LogP contribution in [-0.4, -0.2) is 9.13 Å². The molecule has 0 N–H and O–H groups in total. The van der Waals surface area contributed by atoms with E-state index >= 15 is 0 Å². The van der Waals surface area contributed by atoms with Crippen LogP contribution in [0.5, 0.6) is 0 Å². The molecule has 0 saturated carbocycles. The molecule has 0 bridgehead atoms. The third-order valence-corrected chi connectivity index (χ3v) is 12.7. The van der Waals surface area contributed by atoms with E-state index < -0.39 is 0 Å². The van der Waals surface area contributed by atoms with Gasteiger partial charge in [-0.15, -0.1) is 11.3 Å². The summed E-state index contributed by atoms with van der Waals surface area (Å²) in [4.78, 5) is 2.43. The molecule has 0 atom stereocenters. The number of thiophene rings is 1. The maximum Gasteiger partial charge on any atom is 0.0562 e. The average molecular weight is 732 g/mol. The minimum absolute atomic E-state index is 1.10. The zero-order valence-electron chi connectivity index (χ0n) is 30.3. The van der Waals surface area contributed by atoms with Crippen LogP contribution in [0.3, 0.4) is 0 Å². The fraction of sp³-hybridized carbons (Fsp3) is 0. The van der Waals surface area contributed by atoms with Crippen LogP contribution < -0.4 is 4.90 Å². The lowest BCUT2D eigenvalue weighted by Gasteiger charge is -2.26. The SMILES string of the molecule is c1ccc(-n2c3ccccc3c3cc(N(c4ccc5ccccc5c4)c4ccc5c6c7sc8ccccc8c7ccc6n(-c6ccccc6)c5c4)ccc32)cc1. The van der Waals surface area contributed by atoms with E-state index in [9.17, 15) is 0 Å². The predicted molar refractivity (Wildman–Crippen MR) is 240 cm³/mol. The van der Waals surface area contributed by atoms with E-state index in [1.165, 1.54) is 74.6 Å². The van der Waals surface area contributed by atoms with Gasteiger partial charge >= 0.3 is 0 Å². The number of aromatic nitrogens is 2. The minimum atomic E-state index is 1.10. The van der Waals surface area contributed by atoms with Crippen molar-refractivity contribution in [1.29, 1.82) is 0 Å². The smallest absolute Gasteiger partial charge is 0.0562 e. The zero-order chi connectivity index (χ0) is 36.7. The van der Waals surface area contributed by atoms with E-state index in [-0.39, 0.29) is 0 Å². The van der Waals surface area contributed by atoms with Gasteiger partial charge in [-0.25, -0.2) is 0 Å². The van der Waals surface area contributed by atoms with Gasteiger partial charge < -0.3 is 14.0 Å². The molecule has 0 saturated heterocycles. The summed E-state index contributed by atoms with van der Waals surface area (Å²) in [6.45, 7) is 0. The first kappa shape index (κ1) is 31.2. The molecule has 0 spiro atoms. The van der Waals surface area contributed by atoms with E-state index in [0.29, 0.717) is 0 Å². The second kappa shape index (κ2) is 12.2. The topological polar surface area (TPSA) is 13.1 Å². The van der Waals surface area contributed by atoms with Crippen molar-refractivity contribution >= 4 is 103 Å². The van der Waals surface area contributed by atoms with Crippen molar-refractivity contribution in [2.45, 2.75) is 0 Å². The third-order valence-electron chi connectivity index (χ3n) is 11.5. The highest BCUT2D eigenvalue weighted by atomic mass is 32.1. The lowest BCUT2D eigenvalue weighted by atomic mass is 10.1. The number of anilines is 3. The second-order valence-electron chi connectivity index (χ2n) is 14.6. The summed E-state index contributed by atoms with van der Waals surface area (Å²) in [6, 6.07) is 73.2. The Morgan fingerprint density at radius 2 is 0.911 bits per heavy atom. The summed E-state index contributed by atoms with van der Waals surface area (Å²) >= 11 is 1.90. The minimum Gasteiger partial charge on any atom is -0.310 e. The summed E-state index contributed by atoms with van der Waals surface area (Å²) in [5, 5.41) is 10.1. The largest absolute Gasteiger partial charge is 0.310 e. The van der Waals surface area contributed by atoms with E-state index in [1.807, 2.05) is 11.3 Å². The Bertz CT molecular complexity index is 3480. The molecule has 0 aliphatic rings. The summed E-state index contributed by atoms with van der Waals surface area (Å²) in [7, 11) is 0. The van der Waals surface area contributed by atoms with Gasteiger partial charge in [0.25, 0.3) is 0 Å². The predicted octanol–water partition coefficient (Wildman–Crippen LogP) is 14.9. The highest BCUT2D eigenvalue weighted by Gasteiger charge is 2.22. The van der Waals surface area contributed by atoms with E-state index in [1.54, 1.807) is 0 Å². The fourth-order valence-electron chi connectivity index (χ4n) is 8.98. The van der Waals surface area contributed by atoms with Crippen molar-refractivity contribution in [2.24, 2.45) is 0 Å². The molecule has 0 unspecified atom stereocenters. The summed E-state index contributed by atoms with van der Waals surface area (Å²) in [6.07, 6.45) is 0. The molecule has 56 heavy (non-hydrogen) atoms. The van der Waals surface area contributed by atoms with Crippen LogP contribution in [0.15, 0.2) is 200 Å². The van der Waals surface area contributed by atoms with Crippen molar-refractivity contribution in [3.05, 3.63) is 200 Å². The maximum absolute atomic E-state index is 2.45. The molecule has 3 heterocycles. The Labute approximate surface area is 327 Å². The number of hydrogen-bond acceptors (Lipinski definition) is 2. The Balaban J connectivity index is 1.15. The van der Waals surface area contributed by atoms with Gasteiger partial charge in [-0.05, 0) is 95.7 Å². The van der Waals surface area contributed by atoms with Crippen LogP contribution in [0, 0.1) is 0 Å². The van der Waals surface area contributed by atoms with E-state index in [0.717, 1.165) is 28.4 Å². The average Bonchev–Trinajstić information content (AvgIpc) is 3.92. The van der Waals surface area contributed by atoms with Gasteiger partial charge in [0, 0.05) is 70.2 Å². The number of hydrogen-bond donors (Lipinski definition) is 0. The van der Waals surface area contributed by atoms with Gasteiger partial charge in [-0.3, -0.25) is 0 Å². The molecule has 0 fully saturated rings. The molecule has 3 aromatic heterocycles. The van der Waals surface area contributed by atoms with Crippen molar-refractivity contribution in [1.82, 2.24) is 9.13 Å². The Morgan fingerprint density at radius 1 is 0.339 bits per heavy atom. The van der Waals surface area contributed by atoms with Gasteiger partial charge in [0.1, 0.15) is 0 Å². The van der Waals surface area contributed by atoms with Crippen LogP contribution in [0.1, 0.15) is 0 Å². The molecule has 12 rings (SSSR count). The highest BCUT2D eigenvalue weighted by Crippen LogP contribution is 2.46. The van der Waals surface area contributed by atoms with Gasteiger partial charge in [0.05, 0.1) is 22.1 Å². The summed E-state index contributed by atoms with van der Waals surface area (Å²) < 4.78 is 7.49. The molecule has 0 radical (unpaired) electrons. The molecule has 9 aromatic carbocycles.